The second-order valence-corrected chi connectivity index (χ2v) is 3.90. The predicted octanol–water partition coefficient (Wildman–Crippen LogP) is -0.853. The first-order valence-corrected chi connectivity index (χ1v) is 6.02. The molecule has 0 radical (unpaired) electrons. The van der Waals surface area contributed by atoms with E-state index in [1.54, 1.807) is 0 Å². The Balaban J connectivity index is 1.59. The van der Waals surface area contributed by atoms with Gasteiger partial charge in [-0.1, -0.05) is 11.8 Å². The summed E-state index contributed by atoms with van der Waals surface area (Å²) in [6, 6.07) is 0. The quantitative estimate of drug-likeness (QED) is 0.368. The Morgan fingerprint density at radius 2 is 1.32 bits per heavy atom. The number of cyclic esters (lactones) is 4. The molecule has 0 N–H and O–H groups in total. The van der Waals surface area contributed by atoms with E-state index in [9.17, 15) is 19.2 Å². The summed E-state index contributed by atoms with van der Waals surface area (Å²) >= 11 is 0. The van der Waals surface area contributed by atoms with Crippen LogP contribution in [-0.2, 0) is 38.0 Å². The Kier molecular flexibility index (Phi) is 5.02. The van der Waals surface area contributed by atoms with Gasteiger partial charge in [-0.05, 0) is 0 Å². The molecule has 0 bridgehead atoms. The van der Waals surface area contributed by atoms with Gasteiger partial charge in [0.05, 0.1) is 0 Å². The third kappa shape index (κ3) is 4.27. The van der Waals surface area contributed by atoms with E-state index in [4.69, 9.17) is 9.47 Å². The van der Waals surface area contributed by atoms with Crippen LogP contribution in [0.25, 0.3) is 0 Å². The molecule has 2 aliphatic heterocycles. The summed E-state index contributed by atoms with van der Waals surface area (Å²) in [6.45, 7) is -0.951. The highest BCUT2D eigenvalue weighted by Crippen LogP contribution is 2.08. The zero-order valence-electron chi connectivity index (χ0n) is 11.1. The van der Waals surface area contributed by atoms with E-state index < -0.39 is 36.5 Å². The van der Waals surface area contributed by atoms with Crippen LogP contribution in [0.2, 0.25) is 0 Å². The minimum atomic E-state index is -1.09. The fraction of sp³-hybridized carbons (Fsp3) is 0.500. The van der Waals surface area contributed by atoms with Crippen molar-refractivity contribution in [1.82, 2.24) is 0 Å². The fourth-order valence-electron chi connectivity index (χ4n) is 1.39. The maximum absolute atomic E-state index is 11.3. The first-order valence-electron chi connectivity index (χ1n) is 6.02. The molecule has 0 aromatic rings. The van der Waals surface area contributed by atoms with Crippen LogP contribution in [0.4, 0.5) is 9.59 Å². The number of carbonyl (C=O) groups is 4. The molecular weight excluding hydrogens is 304 g/mol. The maximum atomic E-state index is 11.3. The van der Waals surface area contributed by atoms with E-state index in [2.05, 4.69) is 30.8 Å². The molecule has 2 atom stereocenters. The van der Waals surface area contributed by atoms with Gasteiger partial charge in [0.15, 0.2) is 13.2 Å². The van der Waals surface area contributed by atoms with E-state index in [1.807, 2.05) is 0 Å². The molecule has 2 rings (SSSR count). The van der Waals surface area contributed by atoms with Gasteiger partial charge in [0.25, 0.3) is 0 Å². The fourth-order valence-corrected chi connectivity index (χ4v) is 1.39. The summed E-state index contributed by atoms with van der Waals surface area (Å²) in [5.74, 6) is 3.26. The Morgan fingerprint density at radius 1 is 0.909 bits per heavy atom. The van der Waals surface area contributed by atoms with Crippen LogP contribution < -0.4 is 0 Å². The van der Waals surface area contributed by atoms with Gasteiger partial charge < -0.3 is 28.4 Å². The largest absolute Gasteiger partial charge is 0.509 e. The van der Waals surface area contributed by atoms with Gasteiger partial charge in [0.2, 0.25) is 12.2 Å². The van der Waals surface area contributed by atoms with E-state index in [0.717, 1.165) is 0 Å². The Hall–Kier alpha value is -2.96. The molecule has 0 amide bonds. The molecule has 2 fully saturated rings. The molecule has 0 aromatic heterocycles. The van der Waals surface area contributed by atoms with Gasteiger partial charge in [-0.3, -0.25) is 0 Å². The molecule has 0 spiro atoms. The zero-order chi connectivity index (χ0) is 15.9. The maximum Gasteiger partial charge on any atom is 0.509 e. The lowest BCUT2D eigenvalue weighted by molar-refractivity contribution is -0.151. The zero-order valence-corrected chi connectivity index (χ0v) is 11.1. The van der Waals surface area contributed by atoms with Gasteiger partial charge in [-0.25, -0.2) is 19.2 Å². The summed E-state index contributed by atoms with van der Waals surface area (Å²) < 4.78 is 27.2. The highest BCUT2D eigenvalue weighted by atomic mass is 16.8. The minimum Gasteiger partial charge on any atom is -0.450 e. The van der Waals surface area contributed by atoms with Crippen LogP contribution in [-0.4, -0.2) is 62.9 Å². The van der Waals surface area contributed by atoms with E-state index >= 15 is 0 Å². The lowest BCUT2D eigenvalue weighted by Gasteiger charge is -2.04. The molecule has 22 heavy (non-hydrogen) atoms. The Labute approximate surface area is 123 Å². The van der Waals surface area contributed by atoms with Crippen molar-refractivity contribution in [2.45, 2.75) is 12.2 Å². The number of carbonyl (C=O) groups excluding carboxylic acids is 4. The highest BCUT2D eigenvalue weighted by molar-refractivity contribution is 5.80. The third-order valence-corrected chi connectivity index (χ3v) is 2.41. The molecule has 2 heterocycles. The van der Waals surface area contributed by atoms with Crippen LogP contribution in [0, 0.1) is 11.8 Å². The third-order valence-electron chi connectivity index (χ3n) is 2.41. The van der Waals surface area contributed by atoms with Crippen LogP contribution >= 0.6 is 0 Å². The van der Waals surface area contributed by atoms with Crippen molar-refractivity contribution in [2.24, 2.45) is 0 Å². The molecule has 0 aromatic carbocycles. The molecular formula is C12H10O10. The summed E-state index contributed by atoms with van der Waals surface area (Å²) in [4.78, 5) is 43.9. The number of ether oxygens (including phenoxy) is 6. The smallest absolute Gasteiger partial charge is 0.450 e. The highest BCUT2D eigenvalue weighted by Gasteiger charge is 2.33. The van der Waals surface area contributed by atoms with Crippen molar-refractivity contribution in [3.05, 3.63) is 0 Å². The summed E-state index contributed by atoms with van der Waals surface area (Å²) in [6.07, 6.45) is -4.05. The van der Waals surface area contributed by atoms with Crippen molar-refractivity contribution < 1.29 is 47.6 Å². The summed E-state index contributed by atoms with van der Waals surface area (Å²) in [5.41, 5.74) is 0. The van der Waals surface area contributed by atoms with Crippen molar-refractivity contribution in [3.63, 3.8) is 0 Å². The van der Waals surface area contributed by atoms with Gasteiger partial charge in [-0.15, -0.1) is 0 Å². The van der Waals surface area contributed by atoms with Crippen LogP contribution in [0.3, 0.4) is 0 Å². The summed E-state index contributed by atoms with van der Waals surface area (Å²) in [5, 5.41) is 0. The van der Waals surface area contributed by atoms with E-state index in [0.29, 0.717) is 0 Å². The number of rotatable bonds is 4. The topological polar surface area (TPSA) is 124 Å². The molecule has 0 aliphatic carbocycles. The average molecular weight is 314 g/mol. The SMILES string of the molecule is O=C1OCC(C(=O)OCC#CCOC(=O)C2COC(=O)O2)O1. The second-order valence-electron chi connectivity index (χ2n) is 3.90. The van der Waals surface area contributed by atoms with Crippen LogP contribution in [0.5, 0.6) is 0 Å². The van der Waals surface area contributed by atoms with Gasteiger partial charge in [0, 0.05) is 0 Å². The van der Waals surface area contributed by atoms with Gasteiger partial charge >= 0.3 is 24.2 Å². The van der Waals surface area contributed by atoms with E-state index in [-0.39, 0.29) is 26.4 Å². The van der Waals surface area contributed by atoms with Crippen LogP contribution in [0.1, 0.15) is 0 Å². The predicted molar refractivity (Wildman–Crippen MR) is 62.1 cm³/mol. The van der Waals surface area contributed by atoms with Gasteiger partial charge in [-0.2, -0.15) is 0 Å². The molecule has 2 saturated heterocycles. The normalized spacial score (nSPS) is 22.4. The lowest BCUT2D eigenvalue weighted by Crippen LogP contribution is -2.26. The van der Waals surface area contributed by atoms with Crippen molar-refractivity contribution in [3.8, 4) is 11.8 Å². The Morgan fingerprint density at radius 3 is 1.64 bits per heavy atom. The van der Waals surface area contributed by atoms with Gasteiger partial charge in [0.1, 0.15) is 13.2 Å². The van der Waals surface area contributed by atoms with Crippen molar-refractivity contribution in [2.75, 3.05) is 26.4 Å². The molecule has 2 unspecified atom stereocenters. The molecule has 0 saturated carbocycles. The number of esters is 2. The van der Waals surface area contributed by atoms with E-state index in [1.165, 1.54) is 0 Å². The average Bonchev–Trinajstić information content (AvgIpc) is 3.11. The minimum absolute atomic E-state index is 0.203. The molecule has 10 nitrogen and oxygen atoms in total. The standard InChI is InChI=1S/C12H10O10/c13-9(7-5-19-11(15)21-7)17-3-1-2-4-18-10(14)8-6-20-12(16)22-8/h7-8H,3-6H2. The molecule has 118 valence electrons. The van der Waals surface area contributed by atoms with Crippen molar-refractivity contribution in [1.29, 1.82) is 0 Å². The lowest BCUT2D eigenvalue weighted by atomic mass is 10.4. The molecule has 10 heteroatoms. The van der Waals surface area contributed by atoms with Crippen LogP contribution in [0.15, 0.2) is 0 Å². The summed E-state index contributed by atoms with van der Waals surface area (Å²) in [7, 11) is 0. The first-order chi connectivity index (χ1) is 10.6. The number of hydrogen-bond acceptors (Lipinski definition) is 10. The Bertz CT molecular complexity index is 496. The monoisotopic (exact) mass is 314 g/mol. The number of hydrogen-bond donors (Lipinski definition) is 0. The van der Waals surface area contributed by atoms with Crippen molar-refractivity contribution >= 4 is 24.2 Å². The second kappa shape index (κ2) is 7.16. The molecule has 2 aliphatic rings. The first kappa shape index (κ1) is 15.4.